The van der Waals surface area contributed by atoms with E-state index in [1.807, 2.05) is 31.2 Å². The maximum absolute atomic E-state index is 12.4. The number of carbonyl (C=O) groups is 2. The smallest absolute Gasteiger partial charge is 0.311 e. The first-order valence-electron chi connectivity index (χ1n) is 12.0. The molecule has 2 rings (SSSR count). The molecule has 0 saturated carbocycles. The average Bonchev–Trinajstić information content (AvgIpc) is 2.76. The molecule has 0 saturated heterocycles. The topological polar surface area (TPSA) is 52.6 Å². The molecule has 0 fully saturated rings. The highest BCUT2D eigenvalue weighted by Gasteiger charge is 2.16. The fourth-order valence-electron chi connectivity index (χ4n) is 3.75. The molecule has 0 radical (unpaired) electrons. The van der Waals surface area contributed by atoms with E-state index >= 15 is 0 Å². The summed E-state index contributed by atoms with van der Waals surface area (Å²) in [6.45, 7) is 6.24. The van der Waals surface area contributed by atoms with Gasteiger partial charge in [-0.15, -0.1) is 0 Å². The molecule has 170 valence electrons. The fourth-order valence-corrected chi connectivity index (χ4v) is 3.75. The molecule has 0 bridgehead atoms. The largest absolute Gasteiger partial charge is 0.426 e. The number of rotatable bonds is 14. The Morgan fingerprint density at radius 1 is 0.710 bits per heavy atom. The molecular weight excluding hydrogens is 388 g/mol. The van der Waals surface area contributed by atoms with Gasteiger partial charge in [0.05, 0.1) is 0 Å². The normalized spacial score (nSPS) is 10.9. The van der Waals surface area contributed by atoms with Crippen LogP contribution in [-0.2, 0) is 9.59 Å². The van der Waals surface area contributed by atoms with Crippen molar-refractivity contribution in [1.29, 1.82) is 0 Å². The number of ether oxygens (including phenoxy) is 2. The van der Waals surface area contributed by atoms with Gasteiger partial charge in [-0.3, -0.25) is 9.59 Å². The highest BCUT2D eigenvalue weighted by Crippen LogP contribution is 2.37. The summed E-state index contributed by atoms with van der Waals surface area (Å²) in [4.78, 5) is 24.7. The van der Waals surface area contributed by atoms with Gasteiger partial charge in [0.2, 0.25) is 0 Å². The van der Waals surface area contributed by atoms with Gasteiger partial charge in [-0.25, -0.2) is 0 Å². The van der Waals surface area contributed by atoms with E-state index in [1.165, 1.54) is 25.7 Å². The van der Waals surface area contributed by atoms with Crippen LogP contribution in [0.25, 0.3) is 10.8 Å². The zero-order valence-corrected chi connectivity index (χ0v) is 19.5. The number of unbranched alkanes of at least 4 members (excludes halogenated alkanes) is 8. The van der Waals surface area contributed by atoms with E-state index in [2.05, 4.69) is 13.8 Å². The van der Waals surface area contributed by atoms with E-state index in [9.17, 15) is 9.59 Å². The summed E-state index contributed by atoms with van der Waals surface area (Å²) in [5.74, 6) is 0.680. The molecule has 31 heavy (non-hydrogen) atoms. The van der Waals surface area contributed by atoms with Crippen LogP contribution in [-0.4, -0.2) is 11.9 Å². The molecule has 4 heteroatoms. The number of hydrogen-bond donors (Lipinski definition) is 0. The Balaban J connectivity index is 2.04. The van der Waals surface area contributed by atoms with Crippen molar-refractivity contribution in [2.45, 2.75) is 97.8 Å². The van der Waals surface area contributed by atoms with Gasteiger partial charge in [-0.1, -0.05) is 89.5 Å². The molecule has 0 unspecified atom stereocenters. The minimum Gasteiger partial charge on any atom is -0.426 e. The first-order chi connectivity index (χ1) is 15.1. The Hall–Kier alpha value is -2.36. The molecule has 2 aromatic carbocycles. The summed E-state index contributed by atoms with van der Waals surface area (Å²) >= 11 is 0. The summed E-state index contributed by atoms with van der Waals surface area (Å²) in [6, 6.07) is 9.43. The summed E-state index contributed by atoms with van der Waals surface area (Å²) in [5.41, 5.74) is 0.795. The van der Waals surface area contributed by atoms with Crippen molar-refractivity contribution in [2.75, 3.05) is 0 Å². The van der Waals surface area contributed by atoms with Gasteiger partial charge in [-0.05, 0) is 31.4 Å². The van der Waals surface area contributed by atoms with Crippen LogP contribution < -0.4 is 9.47 Å². The van der Waals surface area contributed by atoms with Crippen molar-refractivity contribution < 1.29 is 19.1 Å². The number of carbonyl (C=O) groups excluding carboxylic acids is 2. The highest BCUT2D eigenvalue weighted by atomic mass is 16.5. The predicted molar refractivity (Wildman–Crippen MR) is 127 cm³/mol. The van der Waals surface area contributed by atoms with Crippen LogP contribution in [0.3, 0.4) is 0 Å². The van der Waals surface area contributed by atoms with Crippen LogP contribution in [0.15, 0.2) is 30.3 Å². The third-order valence-electron chi connectivity index (χ3n) is 5.55. The van der Waals surface area contributed by atoms with E-state index in [0.29, 0.717) is 24.3 Å². The van der Waals surface area contributed by atoms with Gasteiger partial charge in [0.1, 0.15) is 11.5 Å². The number of benzene rings is 2. The lowest BCUT2D eigenvalue weighted by atomic mass is 10.0. The van der Waals surface area contributed by atoms with Gasteiger partial charge in [-0.2, -0.15) is 0 Å². The van der Waals surface area contributed by atoms with Crippen molar-refractivity contribution in [1.82, 2.24) is 0 Å². The number of fused-ring (bicyclic) bond motifs is 1. The summed E-state index contributed by atoms with van der Waals surface area (Å²) in [5, 5.41) is 1.59. The summed E-state index contributed by atoms with van der Waals surface area (Å²) < 4.78 is 11.4. The molecule has 0 aliphatic rings. The predicted octanol–water partition coefficient (Wildman–Crippen LogP) is 7.68. The van der Waals surface area contributed by atoms with Crippen molar-refractivity contribution in [3.8, 4) is 11.5 Å². The van der Waals surface area contributed by atoms with Crippen LogP contribution in [0.1, 0.15) is 96.5 Å². The van der Waals surface area contributed by atoms with Crippen molar-refractivity contribution in [3.05, 3.63) is 35.9 Å². The van der Waals surface area contributed by atoms with E-state index in [4.69, 9.17) is 9.47 Å². The monoisotopic (exact) mass is 426 g/mol. The van der Waals surface area contributed by atoms with Gasteiger partial charge in [0.15, 0.2) is 0 Å². The number of hydrogen-bond acceptors (Lipinski definition) is 4. The summed E-state index contributed by atoms with van der Waals surface area (Å²) in [7, 11) is 0. The lowest BCUT2D eigenvalue weighted by molar-refractivity contribution is -0.135. The molecule has 0 heterocycles. The Morgan fingerprint density at radius 3 is 1.81 bits per heavy atom. The van der Waals surface area contributed by atoms with E-state index in [0.717, 1.165) is 54.9 Å². The first-order valence-corrected chi connectivity index (χ1v) is 12.0. The standard InChI is InChI=1S/C27H38O4/c1-4-6-8-10-12-18-25(28)30-24-20-21(3)27(23-17-15-14-16-22(23)24)31-26(29)19-13-11-9-7-5-2/h14-17,20H,4-13,18-19H2,1-3H3. The first kappa shape index (κ1) is 24.9. The molecule has 0 atom stereocenters. The number of aryl methyl sites for hydroxylation is 1. The number of esters is 2. The second-order valence-corrected chi connectivity index (χ2v) is 8.34. The fraction of sp³-hybridized carbons (Fsp3) is 0.556. The lowest BCUT2D eigenvalue weighted by Gasteiger charge is -2.15. The van der Waals surface area contributed by atoms with E-state index in [-0.39, 0.29) is 11.9 Å². The zero-order chi connectivity index (χ0) is 22.5. The minimum atomic E-state index is -0.210. The second kappa shape index (κ2) is 13.8. The van der Waals surface area contributed by atoms with Crippen LogP contribution >= 0.6 is 0 Å². The van der Waals surface area contributed by atoms with Crippen molar-refractivity contribution >= 4 is 22.7 Å². The van der Waals surface area contributed by atoms with Gasteiger partial charge >= 0.3 is 11.9 Å². The molecule has 0 N–H and O–H groups in total. The molecule has 0 aliphatic carbocycles. The average molecular weight is 427 g/mol. The van der Waals surface area contributed by atoms with Crippen LogP contribution in [0.2, 0.25) is 0 Å². The Labute approximate surface area is 187 Å². The van der Waals surface area contributed by atoms with Crippen molar-refractivity contribution in [2.24, 2.45) is 0 Å². The zero-order valence-electron chi connectivity index (χ0n) is 19.5. The van der Waals surface area contributed by atoms with Gasteiger partial charge in [0, 0.05) is 23.6 Å². The maximum Gasteiger partial charge on any atom is 0.311 e. The minimum absolute atomic E-state index is 0.207. The van der Waals surface area contributed by atoms with Crippen LogP contribution in [0, 0.1) is 6.92 Å². The lowest BCUT2D eigenvalue weighted by Crippen LogP contribution is -2.11. The highest BCUT2D eigenvalue weighted by molar-refractivity contribution is 5.97. The van der Waals surface area contributed by atoms with Crippen LogP contribution in [0.5, 0.6) is 11.5 Å². The molecule has 0 spiro atoms. The molecule has 4 nitrogen and oxygen atoms in total. The molecule has 0 aliphatic heterocycles. The third-order valence-corrected chi connectivity index (χ3v) is 5.55. The molecule has 0 aromatic heterocycles. The SMILES string of the molecule is CCCCCCCC(=O)Oc1cc(C)c(OC(=O)CCCCCCC)c2ccccc12. The second-order valence-electron chi connectivity index (χ2n) is 8.34. The van der Waals surface area contributed by atoms with Crippen molar-refractivity contribution in [3.63, 3.8) is 0 Å². The quantitative estimate of drug-likeness (QED) is 0.177. The summed E-state index contributed by atoms with van der Waals surface area (Å²) in [6.07, 6.45) is 11.7. The van der Waals surface area contributed by atoms with Crippen LogP contribution in [0.4, 0.5) is 0 Å². The third kappa shape index (κ3) is 8.35. The molecular formula is C27H38O4. The van der Waals surface area contributed by atoms with E-state index in [1.54, 1.807) is 6.07 Å². The van der Waals surface area contributed by atoms with Gasteiger partial charge in [0.25, 0.3) is 0 Å². The Kier molecular flexibility index (Phi) is 11.1. The van der Waals surface area contributed by atoms with E-state index < -0.39 is 0 Å². The van der Waals surface area contributed by atoms with Gasteiger partial charge < -0.3 is 9.47 Å². The molecule has 0 amide bonds. The Morgan fingerprint density at radius 2 is 1.23 bits per heavy atom. The molecule has 2 aromatic rings. The maximum atomic E-state index is 12.4. The Bertz CT molecular complexity index is 840.